The lowest BCUT2D eigenvalue weighted by Gasteiger charge is -2.29. The molecule has 8 heteroatoms. The van der Waals surface area contributed by atoms with Gasteiger partial charge in [0.1, 0.15) is 0 Å². The van der Waals surface area contributed by atoms with Crippen LogP contribution in [0.5, 0.6) is 0 Å². The number of halogens is 1. The normalized spacial score (nSPS) is 16.6. The van der Waals surface area contributed by atoms with Crippen LogP contribution in [0.3, 0.4) is 0 Å². The molecule has 1 fully saturated rings. The Labute approximate surface area is 176 Å². The van der Waals surface area contributed by atoms with E-state index in [0.29, 0.717) is 12.0 Å². The Bertz CT molecular complexity index is 664. The fourth-order valence-corrected chi connectivity index (χ4v) is 4.30. The van der Waals surface area contributed by atoms with Crippen LogP contribution >= 0.6 is 35.3 Å². The van der Waals surface area contributed by atoms with Crippen molar-refractivity contribution in [2.75, 3.05) is 26.8 Å². The van der Waals surface area contributed by atoms with Gasteiger partial charge in [-0.05, 0) is 31.6 Å². The van der Waals surface area contributed by atoms with Crippen molar-refractivity contribution in [2.45, 2.75) is 45.6 Å². The fourth-order valence-electron chi connectivity index (χ4n) is 3.58. The van der Waals surface area contributed by atoms with E-state index in [4.69, 9.17) is 9.73 Å². The average molecular weight is 491 g/mol. The van der Waals surface area contributed by atoms with E-state index in [1.54, 1.807) is 18.4 Å². The number of aromatic nitrogens is 2. The molecule has 26 heavy (non-hydrogen) atoms. The van der Waals surface area contributed by atoms with Gasteiger partial charge in [0, 0.05) is 44.6 Å². The number of aliphatic imine (C=N–C) groups is 1. The maximum atomic E-state index is 5.33. The molecule has 0 spiro atoms. The van der Waals surface area contributed by atoms with Crippen molar-refractivity contribution in [3.05, 3.63) is 23.5 Å². The van der Waals surface area contributed by atoms with Gasteiger partial charge in [-0.2, -0.15) is 0 Å². The molecular formula is C18H30IN5OS. The second-order valence-electron chi connectivity index (χ2n) is 6.82. The van der Waals surface area contributed by atoms with Gasteiger partial charge in [-0.3, -0.25) is 4.40 Å². The molecule has 0 radical (unpaired) electrons. The number of hydrogen-bond acceptors (Lipinski definition) is 4. The zero-order valence-electron chi connectivity index (χ0n) is 15.7. The van der Waals surface area contributed by atoms with E-state index in [0.717, 1.165) is 42.7 Å². The third-order valence-corrected chi connectivity index (χ3v) is 5.79. The zero-order valence-corrected chi connectivity index (χ0v) is 18.8. The van der Waals surface area contributed by atoms with Crippen molar-refractivity contribution >= 4 is 46.2 Å². The van der Waals surface area contributed by atoms with Gasteiger partial charge in [-0.25, -0.2) is 9.98 Å². The number of guanidine groups is 1. The highest BCUT2D eigenvalue weighted by molar-refractivity contribution is 14.0. The SMILES string of the molecule is CCNC(=NCc1cn2ccsc2n1)NCC1(CCOC)CCCC1.I. The van der Waals surface area contributed by atoms with Crippen molar-refractivity contribution in [1.29, 1.82) is 0 Å². The van der Waals surface area contributed by atoms with Gasteiger partial charge < -0.3 is 15.4 Å². The van der Waals surface area contributed by atoms with Crippen LogP contribution in [0.15, 0.2) is 22.8 Å². The molecule has 2 aromatic heterocycles. The topological polar surface area (TPSA) is 63.0 Å². The van der Waals surface area contributed by atoms with Crippen LogP contribution < -0.4 is 10.6 Å². The molecule has 1 saturated carbocycles. The van der Waals surface area contributed by atoms with Gasteiger partial charge in [0.25, 0.3) is 0 Å². The van der Waals surface area contributed by atoms with Crippen LogP contribution in [0.2, 0.25) is 0 Å². The number of nitrogens with one attached hydrogen (secondary N) is 2. The Morgan fingerprint density at radius 2 is 2.19 bits per heavy atom. The van der Waals surface area contributed by atoms with Crippen LogP contribution in [0, 0.1) is 5.41 Å². The second kappa shape index (κ2) is 10.5. The minimum Gasteiger partial charge on any atom is -0.385 e. The number of ether oxygens (including phenoxy) is 1. The number of nitrogens with zero attached hydrogens (tertiary/aromatic N) is 3. The van der Waals surface area contributed by atoms with E-state index < -0.39 is 0 Å². The van der Waals surface area contributed by atoms with Crippen molar-refractivity contribution in [1.82, 2.24) is 20.0 Å². The molecule has 2 aromatic rings. The molecule has 2 N–H and O–H groups in total. The summed E-state index contributed by atoms with van der Waals surface area (Å²) in [5.74, 6) is 0.877. The Balaban J connectivity index is 0.00000243. The van der Waals surface area contributed by atoms with Gasteiger partial charge in [-0.1, -0.05) is 12.8 Å². The van der Waals surface area contributed by atoms with E-state index in [1.165, 1.54) is 25.7 Å². The molecule has 3 rings (SSSR count). The Morgan fingerprint density at radius 1 is 1.38 bits per heavy atom. The first-order chi connectivity index (χ1) is 12.2. The van der Waals surface area contributed by atoms with Gasteiger partial charge >= 0.3 is 0 Å². The third-order valence-electron chi connectivity index (χ3n) is 5.02. The summed E-state index contributed by atoms with van der Waals surface area (Å²) < 4.78 is 7.38. The van der Waals surface area contributed by atoms with Crippen LogP contribution in [-0.2, 0) is 11.3 Å². The minimum absolute atomic E-state index is 0. The molecule has 2 heterocycles. The Kier molecular flexibility index (Phi) is 8.62. The standard InChI is InChI=1S/C18H29N5OS.HI/c1-3-19-16(20-12-15-13-23-9-11-25-17(23)22-15)21-14-18(8-10-24-2)6-4-5-7-18;/h9,11,13H,3-8,10,12,14H2,1-2H3,(H2,19,20,21);1H. The highest BCUT2D eigenvalue weighted by atomic mass is 127. The molecule has 1 aliphatic carbocycles. The maximum absolute atomic E-state index is 5.33. The highest BCUT2D eigenvalue weighted by Crippen LogP contribution is 2.40. The maximum Gasteiger partial charge on any atom is 0.193 e. The smallest absolute Gasteiger partial charge is 0.193 e. The lowest BCUT2D eigenvalue weighted by Crippen LogP contribution is -2.43. The second-order valence-corrected chi connectivity index (χ2v) is 7.70. The highest BCUT2D eigenvalue weighted by Gasteiger charge is 2.33. The van der Waals surface area contributed by atoms with Gasteiger partial charge in [-0.15, -0.1) is 35.3 Å². The van der Waals surface area contributed by atoms with Crippen molar-refractivity contribution in [2.24, 2.45) is 10.4 Å². The summed E-state index contributed by atoms with van der Waals surface area (Å²) in [6, 6.07) is 0. The van der Waals surface area contributed by atoms with E-state index in [9.17, 15) is 0 Å². The van der Waals surface area contributed by atoms with Crippen molar-refractivity contribution < 1.29 is 4.74 Å². The van der Waals surface area contributed by atoms with E-state index in [-0.39, 0.29) is 24.0 Å². The molecule has 0 aliphatic heterocycles. The number of thiazole rings is 1. The molecule has 0 amide bonds. The number of fused-ring (bicyclic) bond motifs is 1. The molecule has 0 unspecified atom stereocenters. The average Bonchev–Trinajstić information content (AvgIpc) is 3.32. The third kappa shape index (κ3) is 5.56. The Hall–Kier alpha value is -0.870. The number of methoxy groups -OCH3 is 1. The fraction of sp³-hybridized carbons (Fsp3) is 0.667. The van der Waals surface area contributed by atoms with Gasteiger partial charge in [0.2, 0.25) is 0 Å². The van der Waals surface area contributed by atoms with Crippen LogP contribution in [0.25, 0.3) is 4.96 Å². The lowest BCUT2D eigenvalue weighted by molar-refractivity contribution is 0.138. The summed E-state index contributed by atoms with van der Waals surface area (Å²) >= 11 is 1.65. The monoisotopic (exact) mass is 491 g/mol. The van der Waals surface area contributed by atoms with Crippen molar-refractivity contribution in [3.63, 3.8) is 0 Å². The van der Waals surface area contributed by atoms with Crippen LogP contribution in [-0.4, -0.2) is 42.2 Å². The summed E-state index contributed by atoms with van der Waals surface area (Å²) in [5, 5.41) is 8.96. The summed E-state index contributed by atoms with van der Waals surface area (Å²) in [5.41, 5.74) is 1.35. The first kappa shape index (κ1) is 21.4. The molecule has 0 saturated heterocycles. The Morgan fingerprint density at radius 3 is 2.88 bits per heavy atom. The predicted octanol–water partition coefficient (Wildman–Crippen LogP) is 3.67. The molecule has 0 aromatic carbocycles. The summed E-state index contributed by atoms with van der Waals surface area (Å²) in [7, 11) is 1.79. The largest absolute Gasteiger partial charge is 0.385 e. The summed E-state index contributed by atoms with van der Waals surface area (Å²) in [6.45, 7) is 5.34. The predicted molar refractivity (Wildman–Crippen MR) is 119 cm³/mol. The first-order valence-electron chi connectivity index (χ1n) is 9.17. The summed E-state index contributed by atoms with van der Waals surface area (Å²) in [6.07, 6.45) is 10.4. The zero-order chi connectivity index (χ0) is 17.5. The first-order valence-corrected chi connectivity index (χ1v) is 10.0. The molecule has 1 aliphatic rings. The van der Waals surface area contributed by atoms with Gasteiger partial charge in [0.05, 0.1) is 12.2 Å². The number of hydrogen-bond donors (Lipinski definition) is 2. The van der Waals surface area contributed by atoms with Crippen molar-refractivity contribution in [3.8, 4) is 0 Å². The molecular weight excluding hydrogens is 461 g/mol. The molecule has 6 nitrogen and oxygen atoms in total. The number of rotatable bonds is 8. The molecule has 146 valence electrons. The van der Waals surface area contributed by atoms with E-state index in [1.807, 2.05) is 16.0 Å². The van der Waals surface area contributed by atoms with E-state index in [2.05, 4.69) is 28.7 Å². The molecule has 0 bridgehead atoms. The lowest BCUT2D eigenvalue weighted by atomic mass is 9.83. The minimum atomic E-state index is 0. The summed E-state index contributed by atoms with van der Waals surface area (Å²) in [4.78, 5) is 10.3. The van der Waals surface area contributed by atoms with Crippen LogP contribution in [0.4, 0.5) is 0 Å². The van der Waals surface area contributed by atoms with E-state index >= 15 is 0 Å². The quantitative estimate of drug-likeness (QED) is 0.336. The molecule has 0 atom stereocenters. The van der Waals surface area contributed by atoms with Crippen LogP contribution in [0.1, 0.15) is 44.7 Å². The van der Waals surface area contributed by atoms with Gasteiger partial charge in [0.15, 0.2) is 10.9 Å². The number of imidazole rings is 1.